The van der Waals surface area contributed by atoms with Gasteiger partial charge < -0.3 is 20.1 Å². The van der Waals surface area contributed by atoms with E-state index in [0.717, 1.165) is 25.7 Å². The van der Waals surface area contributed by atoms with Gasteiger partial charge >= 0.3 is 0 Å². The minimum Gasteiger partial charge on any atom is -0.497 e. The van der Waals surface area contributed by atoms with Crippen molar-refractivity contribution >= 4 is 5.78 Å². The second kappa shape index (κ2) is 5.47. The number of fused-ring (bicyclic) bond motifs is 1. The molecule has 0 bridgehead atoms. The van der Waals surface area contributed by atoms with Crippen LogP contribution in [-0.4, -0.2) is 45.5 Å². The fourth-order valence-corrected chi connectivity index (χ4v) is 3.67. The quantitative estimate of drug-likeness (QED) is 0.653. The number of carbonyl (C=O) groups is 1. The lowest BCUT2D eigenvalue weighted by molar-refractivity contribution is -0.138. The van der Waals surface area contributed by atoms with Crippen LogP contribution in [-0.2, 0) is 9.53 Å². The van der Waals surface area contributed by atoms with E-state index in [9.17, 15) is 20.1 Å². The first-order chi connectivity index (χ1) is 9.56. The van der Waals surface area contributed by atoms with Gasteiger partial charge in [0, 0.05) is 12.0 Å². The van der Waals surface area contributed by atoms with Crippen molar-refractivity contribution in [3.05, 3.63) is 11.8 Å². The maximum absolute atomic E-state index is 12.6. The van der Waals surface area contributed by atoms with E-state index in [4.69, 9.17) is 4.74 Å². The Hall–Kier alpha value is -0.910. The molecule has 0 aromatic rings. The molecule has 0 radical (unpaired) electrons. The van der Waals surface area contributed by atoms with Gasteiger partial charge in [-0.3, -0.25) is 4.79 Å². The molecule has 5 nitrogen and oxygen atoms in total. The topological polar surface area (TPSA) is 87.0 Å². The number of allylic oxidation sites excluding steroid dienone is 1. The summed E-state index contributed by atoms with van der Waals surface area (Å²) in [6.45, 7) is 0. The summed E-state index contributed by atoms with van der Waals surface area (Å²) < 4.78 is 5.65. The molecular weight excluding hydrogens is 260 g/mol. The molecule has 0 aromatic carbocycles. The lowest BCUT2D eigenvalue weighted by Crippen LogP contribution is -2.48. The van der Waals surface area contributed by atoms with Crippen LogP contribution in [0.4, 0.5) is 0 Å². The number of carbonyl (C=O) groups excluding carboxylic acids is 1. The number of hydrogen-bond acceptors (Lipinski definition) is 5. The van der Waals surface area contributed by atoms with Gasteiger partial charge in [0.2, 0.25) is 0 Å². The first-order valence-electron chi connectivity index (χ1n) is 7.50. The molecule has 3 N–H and O–H groups in total. The number of Topliss-reactive ketones (excluding diaryl/α,β-unsaturated/α-hetero) is 1. The second-order valence-electron chi connectivity index (χ2n) is 6.33. The highest BCUT2D eigenvalue weighted by atomic mass is 16.5. The molecule has 1 heterocycles. The molecule has 0 spiro atoms. The summed E-state index contributed by atoms with van der Waals surface area (Å²) in [6.07, 6.45) is 3.04. The van der Waals surface area contributed by atoms with E-state index in [1.807, 2.05) is 0 Å². The van der Waals surface area contributed by atoms with Crippen LogP contribution in [0.15, 0.2) is 11.8 Å². The predicted octanol–water partition coefficient (Wildman–Crippen LogP) is 0.521. The van der Waals surface area contributed by atoms with Crippen LogP contribution < -0.4 is 0 Å². The van der Waals surface area contributed by atoms with E-state index in [1.165, 1.54) is 0 Å². The van der Waals surface area contributed by atoms with Crippen LogP contribution in [0.25, 0.3) is 0 Å². The van der Waals surface area contributed by atoms with Gasteiger partial charge in [0.1, 0.15) is 6.10 Å². The Morgan fingerprint density at radius 1 is 1.00 bits per heavy atom. The summed E-state index contributed by atoms with van der Waals surface area (Å²) in [4.78, 5) is 12.6. The van der Waals surface area contributed by atoms with Crippen LogP contribution in [0, 0.1) is 11.8 Å². The van der Waals surface area contributed by atoms with Crippen molar-refractivity contribution in [2.45, 2.75) is 62.9 Å². The molecule has 2 saturated carbocycles. The SMILES string of the molecule is O=C1C(C2CCC(O)CC2)=COC2CC(O)C(O)CC12. The first kappa shape index (κ1) is 14.0. The standard InChI is InChI=1S/C15H22O5/c16-9-3-1-8(2-4-9)11-7-20-14-6-13(18)12(17)5-10(14)15(11)19/h7-10,12-14,16-18H,1-6H2. The van der Waals surface area contributed by atoms with E-state index in [0.29, 0.717) is 12.0 Å². The average Bonchev–Trinajstić information content (AvgIpc) is 2.43. The summed E-state index contributed by atoms with van der Waals surface area (Å²) in [5, 5.41) is 29.0. The molecule has 4 atom stereocenters. The van der Waals surface area contributed by atoms with Crippen molar-refractivity contribution in [2.24, 2.45) is 11.8 Å². The molecule has 0 saturated heterocycles. The summed E-state index contributed by atoms with van der Waals surface area (Å²) in [6, 6.07) is 0. The number of ketones is 1. The highest BCUT2D eigenvalue weighted by molar-refractivity contribution is 5.98. The zero-order valence-corrected chi connectivity index (χ0v) is 11.4. The highest BCUT2D eigenvalue weighted by Gasteiger charge is 2.44. The van der Waals surface area contributed by atoms with Crippen LogP contribution in [0.1, 0.15) is 38.5 Å². The van der Waals surface area contributed by atoms with Crippen molar-refractivity contribution in [3.63, 3.8) is 0 Å². The lowest BCUT2D eigenvalue weighted by atomic mass is 9.73. The predicted molar refractivity (Wildman–Crippen MR) is 70.7 cm³/mol. The zero-order valence-electron chi connectivity index (χ0n) is 11.4. The van der Waals surface area contributed by atoms with Crippen LogP contribution in [0.2, 0.25) is 0 Å². The van der Waals surface area contributed by atoms with Gasteiger partial charge in [-0.25, -0.2) is 0 Å². The highest BCUT2D eigenvalue weighted by Crippen LogP contribution is 2.39. The fourth-order valence-electron chi connectivity index (χ4n) is 3.67. The van der Waals surface area contributed by atoms with Gasteiger partial charge in [0.05, 0.1) is 30.5 Å². The number of ether oxygens (including phenoxy) is 1. The maximum atomic E-state index is 12.6. The lowest BCUT2D eigenvalue weighted by Gasteiger charge is -2.40. The Morgan fingerprint density at radius 3 is 2.35 bits per heavy atom. The van der Waals surface area contributed by atoms with Gasteiger partial charge in [0.25, 0.3) is 0 Å². The van der Waals surface area contributed by atoms with Crippen molar-refractivity contribution in [2.75, 3.05) is 0 Å². The van der Waals surface area contributed by atoms with Gasteiger partial charge in [-0.2, -0.15) is 0 Å². The summed E-state index contributed by atoms with van der Waals surface area (Å²) in [7, 11) is 0. The molecule has 20 heavy (non-hydrogen) atoms. The Kier molecular flexibility index (Phi) is 3.84. The van der Waals surface area contributed by atoms with E-state index in [-0.39, 0.29) is 36.2 Å². The van der Waals surface area contributed by atoms with Crippen LogP contribution in [0.5, 0.6) is 0 Å². The van der Waals surface area contributed by atoms with Gasteiger partial charge in [-0.1, -0.05) is 0 Å². The van der Waals surface area contributed by atoms with Crippen molar-refractivity contribution in [3.8, 4) is 0 Å². The molecule has 5 heteroatoms. The van der Waals surface area contributed by atoms with Crippen molar-refractivity contribution in [1.29, 1.82) is 0 Å². The van der Waals surface area contributed by atoms with E-state index in [2.05, 4.69) is 0 Å². The minimum atomic E-state index is -0.837. The molecule has 0 aromatic heterocycles. The molecular formula is C15H22O5. The molecule has 3 rings (SSSR count). The minimum absolute atomic E-state index is 0.0635. The molecule has 3 aliphatic rings. The fraction of sp³-hybridized carbons (Fsp3) is 0.800. The van der Waals surface area contributed by atoms with Gasteiger partial charge in [0.15, 0.2) is 5.78 Å². The molecule has 1 aliphatic heterocycles. The second-order valence-corrected chi connectivity index (χ2v) is 6.33. The normalized spacial score (nSPS) is 45.4. The summed E-state index contributed by atoms with van der Waals surface area (Å²) in [5.74, 6) is -0.107. The first-order valence-corrected chi connectivity index (χ1v) is 7.50. The molecule has 0 amide bonds. The van der Waals surface area contributed by atoms with Crippen LogP contribution >= 0.6 is 0 Å². The third-order valence-electron chi connectivity index (χ3n) is 4.99. The number of aliphatic hydroxyl groups excluding tert-OH is 3. The van der Waals surface area contributed by atoms with Crippen molar-refractivity contribution in [1.82, 2.24) is 0 Å². The molecule has 112 valence electrons. The smallest absolute Gasteiger partial charge is 0.169 e. The number of aliphatic hydroxyl groups is 3. The average molecular weight is 282 g/mol. The van der Waals surface area contributed by atoms with Gasteiger partial charge in [-0.05, 0) is 38.0 Å². The Balaban J connectivity index is 1.73. The Bertz CT molecular complexity index is 410. The Morgan fingerprint density at radius 2 is 1.65 bits per heavy atom. The largest absolute Gasteiger partial charge is 0.497 e. The summed E-state index contributed by atoms with van der Waals surface area (Å²) >= 11 is 0. The summed E-state index contributed by atoms with van der Waals surface area (Å²) in [5.41, 5.74) is 0.710. The van der Waals surface area contributed by atoms with E-state index >= 15 is 0 Å². The molecule has 2 fully saturated rings. The third-order valence-corrected chi connectivity index (χ3v) is 4.99. The van der Waals surface area contributed by atoms with E-state index in [1.54, 1.807) is 6.26 Å². The maximum Gasteiger partial charge on any atom is 0.169 e. The molecule has 4 unspecified atom stereocenters. The third kappa shape index (κ3) is 2.50. The Labute approximate surface area is 118 Å². The van der Waals surface area contributed by atoms with E-state index < -0.39 is 12.2 Å². The zero-order chi connectivity index (χ0) is 14.3. The van der Waals surface area contributed by atoms with Crippen molar-refractivity contribution < 1.29 is 24.9 Å². The van der Waals surface area contributed by atoms with Crippen LogP contribution in [0.3, 0.4) is 0 Å². The number of hydrogen-bond donors (Lipinski definition) is 3. The van der Waals surface area contributed by atoms with Gasteiger partial charge in [-0.15, -0.1) is 0 Å². The monoisotopic (exact) mass is 282 g/mol. The number of rotatable bonds is 1. The molecule has 2 aliphatic carbocycles.